The summed E-state index contributed by atoms with van der Waals surface area (Å²) in [7, 11) is 0. The molecule has 0 saturated heterocycles. The van der Waals surface area contributed by atoms with Gasteiger partial charge in [0.1, 0.15) is 5.60 Å². The lowest BCUT2D eigenvalue weighted by molar-refractivity contribution is 0.0329. The molecule has 0 aromatic heterocycles. The van der Waals surface area contributed by atoms with Crippen LogP contribution in [0.2, 0.25) is 5.02 Å². The van der Waals surface area contributed by atoms with Crippen LogP contribution >= 0.6 is 11.6 Å². The second-order valence-corrected chi connectivity index (χ2v) is 6.54. The maximum Gasteiger partial charge on any atom is 0.407 e. The Morgan fingerprint density at radius 1 is 1.48 bits per heavy atom. The van der Waals surface area contributed by atoms with E-state index in [9.17, 15) is 4.79 Å². The topological polar surface area (TPSA) is 47.6 Å². The van der Waals surface area contributed by atoms with E-state index in [1.54, 1.807) is 0 Å². The molecule has 0 saturated carbocycles. The summed E-state index contributed by atoms with van der Waals surface area (Å²) in [6, 6.07) is 5.88. The summed E-state index contributed by atoms with van der Waals surface area (Å²) < 4.78 is 11.0. The number of hydrogen-bond acceptors (Lipinski definition) is 3. The first-order valence-electron chi connectivity index (χ1n) is 7.22. The van der Waals surface area contributed by atoms with E-state index in [2.05, 4.69) is 5.32 Å². The van der Waals surface area contributed by atoms with Crippen LogP contribution in [-0.4, -0.2) is 24.8 Å². The predicted octanol–water partition coefficient (Wildman–Crippen LogP) is 3.87. The summed E-state index contributed by atoms with van der Waals surface area (Å²) in [5.41, 5.74) is 1.80. The van der Waals surface area contributed by atoms with Gasteiger partial charge >= 0.3 is 6.09 Å². The molecule has 5 heteroatoms. The average molecular weight is 312 g/mol. The van der Waals surface area contributed by atoms with E-state index >= 15 is 0 Å². The molecule has 116 valence electrons. The lowest BCUT2D eigenvalue weighted by Crippen LogP contribution is -2.33. The Labute approximate surface area is 130 Å². The van der Waals surface area contributed by atoms with Crippen LogP contribution in [0.1, 0.15) is 44.4 Å². The normalized spacial score (nSPS) is 18.0. The molecule has 0 spiro atoms. The van der Waals surface area contributed by atoms with Crippen LogP contribution in [0.5, 0.6) is 0 Å². The molecule has 1 aliphatic rings. The number of fused-ring (bicyclic) bond motifs is 1. The second-order valence-electron chi connectivity index (χ2n) is 6.13. The Morgan fingerprint density at radius 2 is 2.24 bits per heavy atom. The van der Waals surface area contributed by atoms with Crippen LogP contribution < -0.4 is 5.32 Å². The minimum absolute atomic E-state index is 0.0256. The molecule has 0 bridgehead atoms. The fraction of sp³-hybridized carbons (Fsp3) is 0.562. The zero-order chi connectivity index (χ0) is 15.5. The number of amides is 1. The van der Waals surface area contributed by atoms with Gasteiger partial charge in [0.25, 0.3) is 0 Å². The first-order valence-corrected chi connectivity index (χ1v) is 7.60. The lowest BCUT2D eigenvalue weighted by Gasteiger charge is -2.27. The molecule has 0 radical (unpaired) electrons. The Balaban J connectivity index is 1.88. The van der Waals surface area contributed by atoms with E-state index in [4.69, 9.17) is 21.1 Å². The Kier molecular flexibility index (Phi) is 5.12. The molecule has 1 heterocycles. The van der Waals surface area contributed by atoms with E-state index in [0.29, 0.717) is 19.6 Å². The number of carbonyl (C=O) groups is 1. The highest BCUT2D eigenvalue weighted by Crippen LogP contribution is 2.33. The van der Waals surface area contributed by atoms with Crippen LogP contribution in [-0.2, 0) is 15.9 Å². The summed E-state index contributed by atoms with van der Waals surface area (Å²) in [6.45, 7) is 6.69. The first kappa shape index (κ1) is 16.1. The highest BCUT2D eigenvalue weighted by atomic mass is 35.5. The van der Waals surface area contributed by atoms with E-state index in [1.807, 2.05) is 39.0 Å². The summed E-state index contributed by atoms with van der Waals surface area (Å²) in [5, 5.41) is 3.55. The Morgan fingerprint density at radius 3 is 2.95 bits per heavy atom. The highest BCUT2D eigenvalue weighted by molar-refractivity contribution is 6.31. The first-order chi connectivity index (χ1) is 9.87. The van der Waals surface area contributed by atoms with Gasteiger partial charge in [-0.2, -0.15) is 0 Å². The van der Waals surface area contributed by atoms with Crippen molar-refractivity contribution in [2.24, 2.45) is 0 Å². The molecule has 2 rings (SSSR count). The summed E-state index contributed by atoms with van der Waals surface area (Å²) in [4.78, 5) is 11.6. The van der Waals surface area contributed by atoms with Crippen molar-refractivity contribution in [2.75, 3.05) is 13.2 Å². The Bertz CT molecular complexity index is 511. The second kappa shape index (κ2) is 6.67. The number of nitrogens with one attached hydrogen (secondary N) is 1. The largest absolute Gasteiger partial charge is 0.444 e. The molecule has 1 aromatic carbocycles. The third-order valence-corrected chi connectivity index (χ3v) is 3.60. The molecular formula is C16H22ClNO3. The number of halogens is 1. The number of rotatable bonds is 3. The minimum Gasteiger partial charge on any atom is -0.444 e. The summed E-state index contributed by atoms with van der Waals surface area (Å²) in [5.74, 6) is 0. The molecular weight excluding hydrogens is 290 g/mol. The van der Waals surface area contributed by atoms with Crippen molar-refractivity contribution in [2.45, 2.75) is 45.3 Å². The van der Waals surface area contributed by atoms with Gasteiger partial charge in [0.2, 0.25) is 0 Å². The van der Waals surface area contributed by atoms with Gasteiger partial charge < -0.3 is 14.8 Å². The van der Waals surface area contributed by atoms with Crippen molar-refractivity contribution in [3.05, 3.63) is 34.3 Å². The number of carbonyl (C=O) groups excluding carboxylic acids is 1. The maximum atomic E-state index is 11.6. The zero-order valence-corrected chi connectivity index (χ0v) is 13.5. The maximum absolute atomic E-state index is 11.6. The van der Waals surface area contributed by atoms with Crippen molar-refractivity contribution in [1.29, 1.82) is 0 Å². The van der Waals surface area contributed by atoms with Crippen molar-refractivity contribution < 1.29 is 14.3 Å². The van der Waals surface area contributed by atoms with Gasteiger partial charge in [-0.25, -0.2) is 4.79 Å². The molecule has 0 aliphatic carbocycles. The van der Waals surface area contributed by atoms with Crippen molar-refractivity contribution in [3.63, 3.8) is 0 Å². The van der Waals surface area contributed by atoms with E-state index in [-0.39, 0.29) is 6.10 Å². The molecule has 4 nitrogen and oxygen atoms in total. The van der Waals surface area contributed by atoms with Gasteiger partial charge in [-0.05, 0) is 50.8 Å². The summed E-state index contributed by atoms with van der Waals surface area (Å²) in [6.07, 6.45) is 1.12. The molecule has 1 N–H and O–H groups in total. The standard InChI is InChI=1S/C16H22ClNO3/c1-16(2,3)21-15(19)18-9-7-14-12-5-4-6-13(17)11(12)8-10-20-14/h4-6,14H,7-10H2,1-3H3,(H,18,19). The smallest absolute Gasteiger partial charge is 0.407 e. The van der Waals surface area contributed by atoms with Crippen LogP contribution in [0, 0.1) is 0 Å². The fourth-order valence-corrected chi connectivity index (χ4v) is 2.67. The van der Waals surface area contributed by atoms with E-state index in [1.165, 1.54) is 0 Å². The predicted molar refractivity (Wildman–Crippen MR) is 82.7 cm³/mol. The van der Waals surface area contributed by atoms with Crippen molar-refractivity contribution in [3.8, 4) is 0 Å². The average Bonchev–Trinajstić information content (AvgIpc) is 2.37. The van der Waals surface area contributed by atoms with Gasteiger partial charge in [0.05, 0.1) is 12.7 Å². The SMILES string of the molecule is CC(C)(C)OC(=O)NCCC1OCCc2c(Cl)cccc21. The van der Waals surface area contributed by atoms with Crippen LogP contribution in [0.25, 0.3) is 0 Å². The molecule has 1 aliphatic heterocycles. The quantitative estimate of drug-likeness (QED) is 0.922. The van der Waals surface area contributed by atoms with Gasteiger partial charge in [0, 0.05) is 11.6 Å². The fourth-order valence-electron chi connectivity index (χ4n) is 2.39. The monoisotopic (exact) mass is 311 g/mol. The van der Waals surface area contributed by atoms with Gasteiger partial charge in [-0.3, -0.25) is 0 Å². The molecule has 1 amide bonds. The minimum atomic E-state index is -0.481. The molecule has 1 atom stereocenters. The van der Waals surface area contributed by atoms with E-state index in [0.717, 1.165) is 22.6 Å². The number of hydrogen-bond donors (Lipinski definition) is 1. The van der Waals surface area contributed by atoms with Crippen LogP contribution in [0.3, 0.4) is 0 Å². The molecule has 21 heavy (non-hydrogen) atoms. The molecule has 0 fully saturated rings. The van der Waals surface area contributed by atoms with Crippen molar-refractivity contribution in [1.82, 2.24) is 5.32 Å². The van der Waals surface area contributed by atoms with Crippen LogP contribution in [0.15, 0.2) is 18.2 Å². The van der Waals surface area contributed by atoms with Gasteiger partial charge in [-0.15, -0.1) is 0 Å². The third kappa shape index (κ3) is 4.61. The number of ether oxygens (including phenoxy) is 2. The van der Waals surface area contributed by atoms with Gasteiger partial charge in [-0.1, -0.05) is 23.7 Å². The number of alkyl carbamates (subject to hydrolysis) is 1. The van der Waals surface area contributed by atoms with Crippen LogP contribution in [0.4, 0.5) is 4.79 Å². The lowest BCUT2D eigenvalue weighted by atomic mass is 9.96. The highest BCUT2D eigenvalue weighted by Gasteiger charge is 2.23. The van der Waals surface area contributed by atoms with Crippen molar-refractivity contribution >= 4 is 17.7 Å². The van der Waals surface area contributed by atoms with Gasteiger partial charge in [0.15, 0.2) is 0 Å². The van der Waals surface area contributed by atoms with E-state index < -0.39 is 11.7 Å². The third-order valence-electron chi connectivity index (χ3n) is 3.25. The Hall–Kier alpha value is -1.26. The zero-order valence-electron chi connectivity index (χ0n) is 12.7. The summed E-state index contributed by atoms with van der Waals surface area (Å²) >= 11 is 6.22. The number of benzene rings is 1. The molecule has 1 aromatic rings. The molecule has 1 unspecified atom stereocenters.